The molecule has 0 bridgehead atoms. The summed E-state index contributed by atoms with van der Waals surface area (Å²) >= 11 is 9.05. The molecule has 1 unspecified atom stereocenters. The third-order valence-corrected chi connectivity index (χ3v) is 8.00. The Morgan fingerprint density at radius 3 is 2.76 bits per heavy atom. The van der Waals surface area contributed by atoms with E-state index in [1.54, 1.807) is 5.41 Å². The number of halogens is 1. The van der Waals surface area contributed by atoms with Crippen molar-refractivity contribution in [2.24, 2.45) is 5.16 Å². The number of rotatable bonds is 10. The quantitative estimate of drug-likeness (QED) is 0.109. The number of ether oxygens (including phenoxy) is 2. The Balaban J connectivity index is 1.41. The van der Waals surface area contributed by atoms with E-state index in [1.165, 1.54) is 52.7 Å². The first-order valence-electron chi connectivity index (χ1n) is 11.5. The SMILES string of the molecule is CCCON=C(C(=O)NC1C(=O)N2C(C(=O)OCc3ccc([N+](=O)[O-])cc3)=C(Cl)CS[C@@H]12)C1=CSCCO1. The summed E-state index contributed by atoms with van der Waals surface area (Å²) in [4.78, 5) is 55.6. The third kappa shape index (κ3) is 6.08. The molecule has 4 rings (SSSR count). The molecule has 1 aromatic carbocycles. The highest BCUT2D eigenvalue weighted by Crippen LogP contribution is 2.41. The van der Waals surface area contributed by atoms with Crippen LogP contribution in [0.25, 0.3) is 0 Å². The van der Waals surface area contributed by atoms with Crippen LogP contribution in [-0.2, 0) is 35.3 Å². The molecule has 1 saturated heterocycles. The summed E-state index contributed by atoms with van der Waals surface area (Å²) in [5.41, 5.74) is 0.265. The molecule has 202 valence electrons. The zero-order valence-corrected chi connectivity index (χ0v) is 22.5. The smallest absolute Gasteiger partial charge is 0.356 e. The lowest BCUT2D eigenvalue weighted by Crippen LogP contribution is -2.71. The van der Waals surface area contributed by atoms with Crippen molar-refractivity contribution in [3.05, 3.63) is 61.8 Å². The molecule has 1 aromatic rings. The number of hydrogen-bond donors (Lipinski definition) is 1. The van der Waals surface area contributed by atoms with Crippen LogP contribution in [0, 0.1) is 10.1 Å². The number of hydrogen-bond acceptors (Lipinski definition) is 11. The Morgan fingerprint density at radius 1 is 1.34 bits per heavy atom. The van der Waals surface area contributed by atoms with Gasteiger partial charge in [0.1, 0.15) is 30.3 Å². The van der Waals surface area contributed by atoms with Crippen LogP contribution in [0.5, 0.6) is 0 Å². The summed E-state index contributed by atoms with van der Waals surface area (Å²) in [5.74, 6) is -0.762. The second-order valence-corrected chi connectivity index (χ2v) is 10.6. The molecule has 3 aliphatic heterocycles. The average Bonchev–Trinajstić information content (AvgIpc) is 2.93. The Morgan fingerprint density at radius 2 is 2.11 bits per heavy atom. The standard InChI is InChI=1S/C23H23ClN4O8S2/c1-2-7-36-26-17(16-12-37-9-8-34-16)20(29)25-18-21(30)27-19(15(24)11-38-22(18)27)23(31)35-10-13-3-5-14(6-4-13)28(32)33/h3-6,12,18,22H,2,7-11H2,1H3,(H,25,29)/t18?,22-/m0/s1. The Labute approximate surface area is 230 Å². The van der Waals surface area contributed by atoms with Crippen LogP contribution in [0.4, 0.5) is 5.69 Å². The van der Waals surface area contributed by atoms with Gasteiger partial charge in [0.15, 0.2) is 5.76 Å². The average molecular weight is 583 g/mol. The van der Waals surface area contributed by atoms with Gasteiger partial charge in [0.2, 0.25) is 5.71 Å². The molecule has 0 radical (unpaired) electrons. The molecule has 2 atom stereocenters. The largest absolute Gasteiger partial charge is 0.490 e. The number of nitro benzene ring substituents is 1. The Kier molecular flexibility index (Phi) is 9.17. The van der Waals surface area contributed by atoms with Crippen molar-refractivity contribution in [1.29, 1.82) is 0 Å². The molecule has 3 aliphatic rings. The summed E-state index contributed by atoms with van der Waals surface area (Å²) in [6.07, 6.45) is 0.692. The van der Waals surface area contributed by atoms with Crippen molar-refractivity contribution in [3.63, 3.8) is 0 Å². The molecular formula is C23H23ClN4O8S2. The van der Waals surface area contributed by atoms with Crippen molar-refractivity contribution in [2.45, 2.75) is 31.4 Å². The molecule has 2 amide bonds. The molecule has 3 heterocycles. The number of thioether (sulfide) groups is 2. The van der Waals surface area contributed by atoms with E-state index in [0.29, 0.717) is 25.2 Å². The van der Waals surface area contributed by atoms with E-state index in [4.69, 9.17) is 25.9 Å². The third-order valence-electron chi connectivity index (χ3n) is 5.47. The van der Waals surface area contributed by atoms with Gasteiger partial charge in [-0.15, -0.1) is 23.5 Å². The van der Waals surface area contributed by atoms with Gasteiger partial charge in [-0.05, 0) is 24.1 Å². The molecule has 1 fully saturated rings. The van der Waals surface area contributed by atoms with E-state index in [1.807, 2.05) is 6.92 Å². The zero-order chi connectivity index (χ0) is 27.2. The van der Waals surface area contributed by atoms with Crippen molar-refractivity contribution in [3.8, 4) is 0 Å². The van der Waals surface area contributed by atoms with Gasteiger partial charge in [-0.1, -0.05) is 23.7 Å². The fourth-order valence-electron chi connectivity index (χ4n) is 3.61. The van der Waals surface area contributed by atoms with E-state index < -0.39 is 34.1 Å². The number of nitrogens with one attached hydrogen (secondary N) is 1. The predicted octanol–water partition coefficient (Wildman–Crippen LogP) is 2.88. The van der Waals surface area contributed by atoms with Crippen LogP contribution in [0.1, 0.15) is 18.9 Å². The number of fused-ring (bicyclic) bond motifs is 1. The van der Waals surface area contributed by atoms with E-state index in [2.05, 4.69) is 10.5 Å². The van der Waals surface area contributed by atoms with Crippen molar-refractivity contribution < 1.29 is 33.6 Å². The lowest BCUT2D eigenvalue weighted by Gasteiger charge is -2.49. The fourth-order valence-corrected chi connectivity index (χ4v) is 5.78. The number of β-lactam (4-membered cyclic amide) rings is 1. The molecule has 0 aromatic heterocycles. The molecule has 0 spiro atoms. The van der Waals surface area contributed by atoms with E-state index in [-0.39, 0.29) is 40.2 Å². The molecular weight excluding hydrogens is 560 g/mol. The van der Waals surface area contributed by atoms with Gasteiger partial charge in [-0.25, -0.2) is 4.79 Å². The first-order valence-corrected chi connectivity index (χ1v) is 14.0. The van der Waals surface area contributed by atoms with Gasteiger partial charge in [0.05, 0.1) is 16.6 Å². The maximum Gasteiger partial charge on any atom is 0.356 e. The lowest BCUT2D eigenvalue weighted by molar-refractivity contribution is -0.384. The number of carbonyl (C=O) groups is 3. The van der Waals surface area contributed by atoms with E-state index in [9.17, 15) is 24.5 Å². The molecule has 12 nitrogen and oxygen atoms in total. The van der Waals surface area contributed by atoms with Crippen LogP contribution < -0.4 is 5.32 Å². The maximum atomic E-state index is 13.1. The minimum Gasteiger partial charge on any atom is -0.490 e. The van der Waals surface area contributed by atoms with Gasteiger partial charge in [-0.2, -0.15) is 0 Å². The number of amides is 2. The number of esters is 1. The Hall–Kier alpha value is -3.23. The van der Waals surface area contributed by atoms with Crippen LogP contribution in [-0.4, -0.2) is 69.5 Å². The maximum absolute atomic E-state index is 13.1. The van der Waals surface area contributed by atoms with E-state index in [0.717, 1.165) is 5.75 Å². The Bertz CT molecular complexity index is 1220. The monoisotopic (exact) mass is 582 g/mol. The van der Waals surface area contributed by atoms with Gasteiger partial charge in [0, 0.05) is 29.0 Å². The second-order valence-electron chi connectivity index (χ2n) is 8.09. The highest BCUT2D eigenvalue weighted by molar-refractivity contribution is 8.02. The zero-order valence-electron chi connectivity index (χ0n) is 20.1. The van der Waals surface area contributed by atoms with Crippen molar-refractivity contribution >= 4 is 64.3 Å². The van der Waals surface area contributed by atoms with Gasteiger partial charge >= 0.3 is 5.97 Å². The first-order chi connectivity index (χ1) is 18.3. The van der Waals surface area contributed by atoms with Crippen molar-refractivity contribution in [2.75, 3.05) is 24.7 Å². The summed E-state index contributed by atoms with van der Waals surface area (Å²) in [7, 11) is 0. The number of non-ortho nitro benzene ring substituents is 1. The topological polar surface area (TPSA) is 150 Å². The van der Waals surface area contributed by atoms with Crippen molar-refractivity contribution in [1.82, 2.24) is 10.2 Å². The number of carbonyl (C=O) groups excluding carboxylic acids is 3. The number of nitrogens with zero attached hydrogens (tertiary/aromatic N) is 3. The fraction of sp³-hybridized carbons (Fsp3) is 0.391. The molecule has 0 aliphatic carbocycles. The molecule has 15 heteroatoms. The summed E-state index contributed by atoms with van der Waals surface area (Å²) < 4.78 is 10.9. The second kappa shape index (κ2) is 12.5. The van der Waals surface area contributed by atoms with Crippen LogP contribution in [0.3, 0.4) is 0 Å². The molecule has 0 saturated carbocycles. The van der Waals surface area contributed by atoms with Gasteiger partial charge in [-0.3, -0.25) is 24.6 Å². The summed E-state index contributed by atoms with van der Waals surface area (Å²) in [6, 6.07) is 4.60. The number of benzene rings is 1. The number of nitro groups is 1. The minimum atomic E-state index is -0.928. The molecule has 38 heavy (non-hydrogen) atoms. The highest BCUT2D eigenvalue weighted by atomic mass is 35.5. The normalized spacial score (nSPS) is 21.0. The van der Waals surface area contributed by atoms with Crippen LogP contribution in [0.2, 0.25) is 0 Å². The number of oxime groups is 1. The van der Waals surface area contributed by atoms with Gasteiger partial charge in [0.25, 0.3) is 17.5 Å². The van der Waals surface area contributed by atoms with Gasteiger partial charge < -0.3 is 19.6 Å². The predicted molar refractivity (Wildman–Crippen MR) is 141 cm³/mol. The van der Waals surface area contributed by atoms with E-state index >= 15 is 0 Å². The minimum absolute atomic E-state index is 0.0750. The summed E-state index contributed by atoms with van der Waals surface area (Å²) in [6.45, 7) is 2.44. The van der Waals surface area contributed by atoms with Crippen LogP contribution in [0.15, 0.2) is 51.3 Å². The summed E-state index contributed by atoms with van der Waals surface area (Å²) in [5, 5.41) is 18.6. The highest BCUT2D eigenvalue weighted by Gasteiger charge is 2.54. The molecule has 1 N–H and O–H groups in total. The first kappa shape index (κ1) is 27.8. The lowest BCUT2D eigenvalue weighted by atomic mass is 10.0. The van der Waals surface area contributed by atoms with Crippen LogP contribution >= 0.6 is 35.1 Å².